The second kappa shape index (κ2) is 6.77. The number of rotatable bonds is 2. The number of benzene rings is 1. The third kappa shape index (κ3) is 3.36. The molecule has 0 spiro atoms. The van der Waals surface area contributed by atoms with Gasteiger partial charge in [0.1, 0.15) is 0 Å². The van der Waals surface area contributed by atoms with Crippen molar-refractivity contribution in [2.45, 2.75) is 50.1 Å². The van der Waals surface area contributed by atoms with Crippen molar-refractivity contribution in [3.05, 3.63) is 27.7 Å². The molecule has 3 rings (SSSR count). The van der Waals surface area contributed by atoms with Gasteiger partial charge in [-0.15, -0.1) is 12.4 Å². The van der Waals surface area contributed by atoms with Crippen LogP contribution in [-0.2, 0) is 10.0 Å². The molecule has 1 N–H and O–H groups in total. The lowest BCUT2D eigenvalue weighted by Gasteiger charge is -2.24. The van der Waals surface area contributed by atoms with Crippen LogP contribution in [0.5, 0.6) is 0 Å². The largest absolute Gasteiger partial charge is 0.310 e. The first-order chi connectivity index (χ1) is 9.88. The standard InChI is InChI=1S/C15H21BrN2O2S.ClH/c1-10-8-15(11(2)7-14(10)16)21(19,20)18-6-5-12-3-4-13(9-18)17-12;/h7-8,12-13,17H,3-6,9H2,1-2H3;1H. The Morgan fingerprint density at radius 2 is 1.82 bits per heavy atom. The number of nitrogens with zero attached hydrogens (tertiary/aromatic N) is 1. The lowest BCUT2D eigenvalue weighted by Crippen LogP contribution is -2.39. The van der Waals surface area contributed by atoms with Crippen molar-refractivity contribution >= 4 is 38.4 Å². The first-order valence-corrected chi connectivity index (χ1v) is 9.64. The van der Waals surface area contributed by atoms with Gasteiger partial charge in [-0.25, -0.2) is 8.42 Å². The van der Waals surface area contributed by atoms with Gasteiger partial charge in [-0.05, 0) is 56.4 Å². The van der Waals surface area contributed by atoms with E-state index in [1.165, 1.54) is 6.42 Å². The van der Waals surface area contributed by atoms with Crippen LogP contribution in [-0.4, -0.2) is 37.9 Å². The van der Waals surface area contributed by atoms with Crippen LogP contribution in [0.4, 0.5) is 0 Å². The monoisotopic (exact) mass is 408 g/mol. The molecule has 2 saturated heterocycles. The Morgan fingerprint density at radius 1 is 1.14 bits per heavy atom. The van der Waals surface area contributed by atoms with Crippen molar-refractivity contribution < 1.29 is 8.42 Å². The molecule has 2 unspecified atom stereocenters. The number of fused-ring (bicyclic) bond motifs is 2. The quantitative estimate of drug-likeness (QED) is 0.817. The lowest BCUT2D eigenvalue weighted by molar-refractivity contribution is 0.383. The van der Waals surface area contributed by atoms with E-state index in [1.54, 1.807) is 10.4 Å². The van der Waals surface area contributed by atoms with Crippen LogP contribution in [0.3, 0.4) is 0 Å². The smallest absolute Gasteiger partial charge is 0.243 e. The molecule has 4 nitrogen and oxygen atoms in total. The molecule has 1 aromatic rings. The van der Waals surface area contributed by atoms with Gasteiger partial charge >= 0.3 is 0 Å². The van der Waals surface area contributed by atoms with E-state index in [0.717, 1.165) is 28.4 Å². The lowest BCUT2D eigenvalue weighted by atomic mass is 10.1. The summed E-state index contributed by atoms with van der Waals surface area (Å²) in [5, 5.41) is 3.53. The Morgan fingerprint density at radius 3 is 2.55 bits per heavy atom. The maximum atomic E-state index is 13.0. The molecule has 124 valence electrons. The highest BCUT2D eigenvalue weighted by Crippen LogP contribution is 2.29. The highest BCUT2D eigenvalue weighted by atomic mass is 79.9. The van der Waals surface area contributed by atoms with Gasteiger partial charge in [0.25, 0.3) is 0 Å². The van der Waals surface area contributed by atoms with Gasteiger partial charge in [0.2, 0.25) is 10.0 Å². The summed E-state index contributed by atoms with van der Waals surface area (Å²) in [5.41, 5.74) is 1.75. The number of hydrogen-bond donors (Lipinski definition) is 1. The zero-order chi connectivity index (χ0) is 15.2. The van der Waals surface area contributed by atoms with Crippen LogP contribution in [0.15, 0.2) is 21.5 Å². The summed E-state index contributed by atoms with van der Waals surface area (Å²) in [5.74, 6) is 0. The van der Waals surface area contributed by atoms with E-state index in [0.29, 0.717) is 30.1 Å². The summed E-state index contributed by atoms with van der Waals surface area (Å²) in [6.45, 7) is 4.99. The molecule has 0 aromatic heterocycles. The van der Waals surface area contributed by atoms with Crippen LogP contribution in [0, 0.1) is 13.8 Å². The molecule has 2 atom stereocenters. The minimum atomic E-state index is -3.41. The molecule has 2 fully saturated rings. The van der Waals surface area contributed by atoms with Crippen LogP contribution >= 0.6 is 28.3 Å². The minimum Gasteiger partial charge on any atom is -0.310 e. The third-order valence-electron chi connectivity index (χ3n) is 4.56. The van der Waals surface area contributed by atoms with Crippen molar-refractivity contribution in [2.24, 2.45) is 0 Å². The Labute approximate surface area is 147 Å². The van der Waals surface area contributed by atoms with Crippen LogP contribution in [0.2, 0.25) is 0 Å². The van der Waals surface area contributed by atoms with Crippen molar-refractivity contribution in [1.29, 1.82) is 0 Å². The predicted molar refractivity (Wildman–Crippen MR) is 94.2 cm³/mol. The summed E-state index contributed by atoms with van der Waals surface area (Å²) < 4.78 is 28.6. The average molecular weight is 410 g/mol. The van der Waals surface area contributed by atoms with E-state index < -0.39 is 10.0 Å². The normalized spacial score (nSPS) is 25.6. The minimum absolute atomic E-state index is 0. The molecule has 0 amide bonds. The fourth-order valence-electron chi connectivity index (χ4n) is 3.30. The Hall–Kier alpha value is -0.140. The highest BCUT2D eigenvalue weighted by molar-refractivity contribution is 9.10. The van der Waals surface area contributed by atoms with E-state index in [1.807, 2.05) is 19.9 Å². The zero-order valence-electron chi connectivity index (χ0n) is 12.8. The first kappa shape index (κ1) is 18.2. The molecule has 2 heterocycles. The first-order valence-electron chi connectivity index (χ1n) is 7.41. The number of hydrogen-bond acceptors (Lipinski definition) is 3. The summed E-state index contributed by atoms with van der Waals surface area (Å²) in [4.78, 5) is 0.445. The molecular weight excluding hydrogens is 388 g/mol. The topological polar surface area (TPSA) is 49.4 Å². The molecule has 2 bridgehead atoms. The summed E-state index contributed by atoms with van der Waals surface area (Å²) >= 11 is 3.46. The van der Waals surface area contributed by atoms with Gasteiger partial charge in [0, 0.05) is 29.6 Å². The van der Waals surface area contributed by atoms with E-state index in [2.05, 4.69) is 21.2 Å². The molecule has 2 aliphatic rings. The van der Waals surface area contributed by atoms with Crippen LogP contribution < -0.4 is 5.32 Å². The Bertz CT molecular complexity index is 666. The molecular formula is C15H22BrClN2O2S. The fourth-order valence-corrected chi connectivity index (χ4v) is 5.55. The van der Waals surface area contributed by atoms with Gasteiger partial charge in [-0.2, -0.15) is 4.31 Å². The number of nitrogens with one attached hydrogen (secondary N) is 1. The van der Waals surface area contributed by atoms with Gasteiger partial charge in [-0.3, -0.25) is 0 Å². The second-order valence-corrected chi connectivity index (χ2v) is 8.92. The van der Waals surface area contributed by atoms with Gasteiger partial charge in [0.05, 0.1) is 4.90 Å². The van der Waals surface area contributed by atoms with Crippen molar-refractivity contribution in [3.8, 4) is 0 Å². The number of sulfonamides is 1. The van der Waals surface area contributed by atoms with Crippen molar-refractivity contribution in [3.63, 3.8) is 0 Å². The second-order valence-electron chi connectivity index (χ2n) is 6.16. The number of halogens is 2. The molecule has 0 radical (unpaired) electrons. The highest BCUT2D eigenvalue weighted by Gasteiger charge is 2.35. The zero-order valence-corrected chi connectivity index (χ0v) is 16.0. The average Bonchev–Trinajstić information content (AvgIpc) is 2.72. The van der Waals surface area contributed by atoms with Crippen LogP contribution in [0.25, 0.3) is 0 Å². The Kier molecular flexibility index (Phi) is 5.60. The molecule has 1 aromatic carbocycles. The van der Waals surface area contributed by atoms with E-state index in [9.17, 15) is 8.42 Å². The predicted octanol–water partition coefficient (Wildman–Crippen LogP) is 3.00. The summed E-state index contributed by atoms with van der Waals surface area (Å²) in [6, 6.07) is 4.47. The van der Waals surface area contributed by atoms with E-state index in [4.69, 9.17) is 0 Å². The van der Waals surface area contributed by atoms with Gasteiger partial charge < -0.3 is 5.32 Å². The van der Waals surface area contributed by atoms with Crippen molar-refractivity contribution in [1.82, 2.24) is 9.62 Å². The Balaban J connectivity index is 0.00000176. The molecule has 0 saturated carbocycles. The molecule has 0 aliphatic carbocycles. The maximum Gasteiger partial charge on any atom is 0.243 e. The molecule has 2 aliphatic heterocycles. The fraction of sp³-hybridized carbons (Fsp3) is 0.600. The third-order valence-corrected chi connectivity index (χ3v) is 7.42. The SMILES string of the molecule is Cc1cc(S(=O)(=O)N2CCC3CCC(C2)N3)c(C)cc1Br.Cl. The number of aryl methyl sites for hydroxylation is 2. The maximum absolute atomic E-state index is 13.0. The van der Waals surface area contributed by atoms with Crippen molar-refractivity contribution in [2.75, 3.05) is 13.1 Å². The molecule has 7 heteroatoms. The van der Waals surface area contributed by atoms with Gasteiger partial charge in [-0.1, -0.05) is 15.9 Å². The van der Waals surface area contributed by atoms with E-state index >= 15 is 0 Å². The summed E-state index contributed by atoms with van der Waals surface area (Å²) in [6.07, 6.45) is 3.16. The summed E-state index contributed by atoms with van der Waals surface area (Å²) in [7, 11) is -3.41. The van der Waals surface area contributed by atoms with E-state index in [-0.39, 0.29) is 12.4 Å². The molecule has 22 heavy (non-hydrogen) atoms. The van der Waals surface area contributed by atoms with Gasteiger partial charge in [0.15, 0.2) is 0 Å². The van der Waals surface area contributed by atoms with Crippen LogP contribution in [0.1, 0.15) is 30.4 Å².